The number of carbonyl (C=O) groups is 2. The Morgan fingerprint density at radius 1 is 1.06 bits per heavy atom. The summed E-state index contributed by atoms with van der Waals surface area (Å²) >= 11 is 0. The van der Waals surface area contributed by atoms with Gasteiger partial charge in [-0.1, -0.05) is 31.5 Å². The maximum atomic E-state index is 13.4. The van der Waals surface area contributed by atoms with E-state index in [4.69, 9.17) is 4.74 Å². The van der Waals surface area contributed by atoms with Crippen LogP contribution in [0.25, 0.3) is 5.76 Å². The minimum atomic E-state index is -0.784. The lowest BCUT2D eigenvalue weighted by atomic mass is 9.93. The molecule has 0 saturated carbocycles. The first-order valence-corrected chi connectivity index (χ1v) is 11.8. The molecule has 1 saturated heterocycles. The number of aliphatic hydroxyl groups excluding tert-OH is 1. The number of rotatable bonds is 6. The Morgan fingerprint density at radius 3 is 2.40 bits per heavy atom. The summed E-state index contributed by atoms with van der Waals surface area (Å²) in [5, 5.41) is 11.5. The Labute approximate surface area is 205 Å². The number of benzene rings is 2. The number of ketones is 1. The number of aryl methyl sites for hydroxylation is 2. The molecule has 1 atom stereocenters. The van der Waals surface area contributed by atoms with Gasteiger partial charge in [0.05, 0.1) is 18.2 Å². The highest BCUT2D eigenvalue weighted by molar-refractivity contribution is 6.51. The van der Waals surface area contributed by atoms with Gasteiger partial charge in [-0.3, -0.25) is 19.5 Å². The molecule has 0 spiro atoms. The molecule has 3 aromatic rings. The maximum Gasteiger partial charge on any atom is 0.300 e. The standard InChI is InChI=1S/C29H30N2O4/c1-6-35-24-10-8-21(16-22(24)17(2)3)27(32)25-26(20-11-13-30-14-12-20)31(29(34)28(25)33)23-9-7-18(4)15-19(23)5/h7-17,26,32H,6H2,1-5H3/b27-25-. The summed E-state index contributed by atoms with van der Waals surface area (Å²) in [4.78, 5) is 32.4. The first kappa shape index (κ1) is 24.2. The summed E-state index contributed by atoms with van der Waals surface area (Å²) in [6.07, 6.45) is 3.23. The van der Waals surface area contributed by atoms with E-state index in [0.717, 1.165) is 22.4 Å². The first-order valence-electron chi connectivity index (χ1n) is 11.8. The summed E-state index contributed by atoms with van der Waals surface area (Å²) in [5.74, 6) is -0.722. The third-order valence-electron chi connectivity index (χ3n) is 6.28. The largest absolute Gasteiger partial charge is 0.507 e. The Hall–Kier alpha value is -3.93. The highest BCUT2D eigenvalue weighted by atomic mass is 16.5. The van der Waals surface area contributed by atoms with Crippen LogP contribution in [0.3, 0.4) is 0 Å². The summed E-state index contributed by atoms with van der Waals surface area (Å²) in [6.45, 7) is 10.4. The van der Waals surface area contributed by atoms with Crippen molar-refractivity contribution in [2.45, 2.75) is 46.6 Å². The summed E-state index contributed by atoms with van der Waals surface area (Å²) in [7, 11) is 0. The normalized spacial score (nSPS) is 17.3. The zero-order chi connectivity index (χ0) is 25.3. The molecule has 35 heavy (non-hydrogen) atoms. The van der Waals surface area contributed by atoms with Crippen LogP contribution in [-0.4, -0.2) is 28.4 Å². The van der Waals surface area contributed by atoms with Crippen LogP contribution in [0.5, 0.6) is 5.75 Å². The number of carbonyl (C=O) groups excluding carboxylic acids is 2. The lowest BCUT2D eigenvalue weighted by molar-refractivity contribution is -0.132. The number of pyridine rings is 1. The Bertz CT molecular complexity index is 1310. The fraction of sp³-hybridized carbons (Fsp3) is 0.276. The van der Waals surface area contributed by atoms with Crippen LogP contribution in [0.15, 0.2) is 66.5 Å². The molecule has 2 aromatic carbocycles. The van der Waals surface area contributed by atoms with Crippen molar-refractivity contribution in [2.24, 2.45) is 0 Å². The fourth-order valence-electron chi connectivity index (χ4n) is 4.61. The van der Waals surface area contributed by atoms with Crippen molar-refractivity contribution in [3.8, 4) is 5.75 Å². The molecule has 1 aliphatic heterocycles. The van der Waals surface area contributed by atoms with E-state index in [1.54, 1.807) is 36.7 Å². The number of hydrogen-bond donors (Lipinski definition) is 1. The van der Waals surface area contributed by atoms with Gasteiger partial charge in [0, 0.05) is 23.6 Å². The van der Waals surface area contributed by atoms with Gasteiger partial charge in [0.2, 0.25) is 0 Å². The van der Waals surface area contributed by atoms with E-state index < -0.39 is 17.7 Å². The van der Waals surface area contributed by atoms with Gasteiger partial charge in [-0.15, -0.1) is 0 Å². The fourth-order valence-corrected chi connectivity index (χ4v) is 4.61. The number of hydrogen-bond acceptors (Lipinski definition) is 5. The van der Waals surface area contributed by atoms with Crippen LogP contribution in [0.2, 0.25) is 0 Å². The van der Waals surface area contributed by atoms with Gasteiger partial charge >= 0.3 is 0 Å². The topological polar surface area (TPSA) is 79.7 Å². The first-order chi connectivity index (χ1) is 16.7. The van der Waals surface area contributed by atoms with E-state index >= 15 is 0 Å². The second kappa shape index (κ2) is 9.74. The lowest BCUT2D eigenvalue weighted by Gasteiger charge is -2.27. The third kappa shape index (κ3) is 4.44. The quantitative estimate of drug-likeness (QED) is 0.278. The molecule has 1 fully saturated rings. The number of anilines is 1. The lowest BCUT2D eigenvalue weighted by Crippen LogP contribution is -2.30. The van der Waals surface area contributed by atoms with Crippen LogP contribution in [0.4, 0.5) is 5.69 Å². The van der Waals surface area contributed by atoms with Crippen LogP contribution >= 0.6 is 0 Å². The number of aliphatic hydroxyl groups is 1. The van der Waals surface area contributed by atoms with E-state index in [0.29, 0.717) is 23.4 Å². The zero-order valence-corrected chi connectivity index (χ0v) is 20.7. The molecule has 1 unspecified atom stereocenters. The van der Waals surface area contributed by atoms with E-state index in [2.05, 4.69) is 4.98 Å². The molecular weight excluding hydrogens is 440 g/mol. The average molecular weight is 471 g/mol. The van der Waals surface area contributed by atoms with Crippen molar-refractivity contribution >= 4 is 23.1 Å². The number of Topliss-reactive ketones (excluding diaryl/α,β-unsaturated/α-hetero) is 1. The predicted molar refractivity (Wildman–Crippen MR) is 137 cm³/mol. The Kier molecular flexibility index (Phi) is 6.74. The molecule has 2 heterocycles. The number of nitrogens with zero attached hydrogens (tertiary/aromatic N) is 2. The predicted octanol–water partition coefficient (Wildman–Crippen LogP) is 5.85. The van der Waals surface area contributed by atoms with E-state index in [-0.39, 0.29) is 17.3 Å². The maximum absolute atomic E-state index is 13.4. The molecule has 0 radical (unpaired) electrons. The van der Waals surface area contributed by atoms with Crippen LogP contribution in [0, 0.1) is 13.8 Å². The van der Waals surface area contributed by atoms with Crippen molar-refractivity contribution in [2.75, 3.05) is 11.5 Å². The number of amides is 1. The van der Waals surface area contributed by atoms with Crippen molar-refractivity contribution in [1.29, 1.82) is 0 Å². The van der Waals surface area contributed by atoms with Gasteiger partial charge in [-0.05, 0) is 79.8 Å². The minimum Gasteiger partial charge on any atom is -0.507 e. The molecular formula is C29H30N2O4. The number of ether oxygens (including phenoxy) is 1. The SMILES string of the molecule is CCOc1ccc(/C(O)=C2/C(=O)C(=O)N(c3ccc(C)cc3C)C2c2ccncc2)cc1C(C)C. The summed E-state index contributed by atoms with van der Waals surface area (Å²) < 4.78 is 5.75. The molecule has 6 heteroatoms. The smallest absolute Gasteiger partial charge is 0.300 e. The van der Waals surface area contributed by atoms with Crippen molar-refractivity contribution in [1.82, 2.24) is 4.98 Å². The molecule has 0 aliphatic carbocycles. The van der Waals surface area contributed by atoms with Gasteiger partial charge in [0.1, 0.15) is 11.5 Å². The summed E-state index contributed by atoms with van der Waals surface area (Å²) in [5.41, 5.74) is 4.69. The highest BCUT2D eigenvalue weighted by Gasteiger charge is 2.47. The molecule has 6 nitrogen and oxygen atoms in total. The average Bonchev–Trinajstić information content (AvgIpc) is 3.10. The molecule has 1 amide bonds. The van der Waals surface area contributed by atoms with Gasteiger partial charge in [-0.2, -0.15) is 0 Å². The molecule has 4 rings (SSSR count). The Balaban J connectivity index is 1.94. The van der Waals surface area contributed by atoms with Crippen molar-refractivity contribution in [3.63, 3.8) is 0 Å². The summed E-state index contributed by atoms with van der Waals surface area (Å²) in [6, 6.07) is 13.8. The number of aromatic nitrogens is 1. The second-order valence-corrected chi connectivity index (χ2v) is 9.08. The van der Waals surface area contributed by atoms with E-state index in [1.165, 1.54) is 4.90 Å². The monoisotopic (exact) mass is 470 g/mol. The molecule has 1 N–H and O–H groups in total. The third-order valence-corrected chi connectivity index (χ3v) is 6.28. The zero-order valence-electron chi connectivity index (χ0n) is 20.7. The van der Waals surface area contributed by atoms with Crippen LogP contribution in [-0.2, 0) is 9.59 Å². The van der Waals surface area contributed by atoms with E-state index in [9.17, 15) is 14.7 Å². The van der Waals surface area contributed by atoms with Gasteiger partial charge in [0.25, 0.3) is 11.7 Å². The van der Waals surface area contributed by atoms with E-state index in [1.807, 2.05) is 58.9 Å². The van der Waals surface area contributed by atoms with Crippen LogP contribution in [0.1, 0.15) is 60.5 Å². The molecule has 0 bridgehead atoms. The molecule has 180 valence electrons. The molecule has 1 aromatic heterocycles. The van der Waals surface area contributed by atoms with Crippen LogP contribution < -0.4 is 9.64 Å². The van der Waals surface area contributed by atoms with Gasteiger partial charge in [-0.25, -0.2) is 0 Å². The van der Waals surface area contributed by atoms with Gasteiger partial charge < -0.3 is 9.84 Å². The molecule has 1 aliphatic rings. The second-order valence-electron chi connectivity index (χ2n) is 9.08. The Morgan fingerprint density at radius 2 is 1.77 bits per heavy atom. The van der Waals surface area contributed by atoms with Crippen molar-refractivity contribution in [3.05, 3.63) is 94.3 Å². The van der Waals surface area contributed by atoms with Crippen molar-refractivity contribution < 1.29 is 19.4 Å². The van der Waals surface area contributed by atoms with Gasteiger partial charge in [0.15, 0.2) is 0 Å². The highest BCUT2D eigenvalue weighted by Crippen LogP contribution is 2.43. The minimum absolute atomic E-state index is 0.0556.